The van der Waals surface area contributed by atoms with Crippen molar-refractivity contribution in [3.05, 3.63) is 41.7 Å². The van der Waals surface area contributed by atoms with Crippen molar-refractivity contribution >= 4 is 42.5 Å². The van der Waals surface area contributed by atoms with E-state index in [4.69, 9.17) is 7.85 Å². The third-order valence-corrected chi connectivity index (χ3v) is 4.40. The second-order valence-corrected chi connectivity index (χ2v) is 6.83. The Morgan fingerprint density at radius 1 is 0.946 bits per heavy atom. The topological polar surface area (TPSA) is 107 Å². The molecule has 18 heteroatoms. The second kappa shape index (κ2) is 10.6. The summed E-state index contributed by atoms with van der Waals surface area (Å²) >= 11 is 0. The highest BCUT2D eigenvalue weighted by molar-refractivity contribution is 6.38. The minimum absolute atomic E-state index is 0.166. The van der Waals surface area contributed by atoms with Crippen LogP contribution in [0.3, 0.4) is 0 Å². The van der Waals surface area contributed by atoms with Crippen molar-refractivity contribution < 1.29 is 63.4 Å². The van der Waals surface area contributed by atoms with Crippen LogP contribution in [0, 0.1) is 0 Å². The summed E-state index contributed by atoms with van der Waals surface area (Å²) in [5.41, 5.74) is -11.3. The number of methoxy groups -OCH3 is 1. The Hall–Kier alpha value is -3.99. The summed E-state index contributed by atoms with van der Waals surface area (Å²) in [7, 11) is 6.28. The number of carbonyl (C=O) groups excluding carboxylic acids is 3. The number of aromatic nitrogens is 1. The van der Waals surface area contributed by atoms with Gasteiger partial charge in [0.25, 0.3) is 5.91 Å². The zero-order valence-electron chi connectivity index (χ0n) is 17.9. The first kappa shape index (κ1) is 29.2. The first-order chi connectivity index (χ1) is 16.9. The quantitative estimate of drug-likeness (QED) is 0.251. The van der Waals surface area contributed by atoms with Gasteiger partial charge in [-0.2, -0.15) is 35.1 Å². The smallest absolute Gasteiger partial charge is 0.435 e. The van der Waals surface area contributed by atoms with Crippen molar-refractivity contribution in [3.8, 4) is 5.75 Å². The lowest BCUT2D eigenvalue weighted by atomic mass is 9.85. The molecule has 37 heavy (non-hydrogen) atoms. The molecule has 0 fully saturated rings. The molecule has 0 bridgehead atoms. The van der Waals surface area contributed by atoms with Crippen molar-refractivity contribution in [1.29, 1.82) is 0 Å². The van der Waals surface area contributed by atoms with E-state index in [1.807, 2.05) is 10.6 Å². The van der Waals surface area contributed by atoms with E-state index < -0.39 is 70.4 Å². The number of hydrogen-bond donors (Lipinski definition) is 2. The third kappa shape index (κ3) is 6.23. The van der Waals surface area contributed by atoms with Gasteiger partial charge in [-0.25, -0.2) is 9.18 Å². The maximum atomic E-state index is 14.4. The third-order valence-electron chi connectivity index (χ3n) is 4.40. The predicted molar refractivity (Wildman–Crippen MR) is 106 cm³/mol. The van der Waals surface area contributed by atoms with E-state index in [1.54, 1.807) is 0 Å². The van der Waals surface area contributed by atoms with Gasteiger partial charge in [0.1, 0.15) is 13.6 Å². The number of ether oxygens (including phenoxy) is 2. The first-order valence-corrected chi connectivity index (χ1v) is 9.29. The Kier molecular flexibility index (Phi) is 8.34. The largest absolute Gasteiger partial charge is 0.462 e. The molecule has 0 saturated heterocycles. The summed E-state index contributed by atoms with van der Waals surface area (Å²) in [6.45, 7) is -3.85. The highest BCUT2D eigenvalue weighted by Crippen LogP contribution is 2.53. The van der Waals surface area contributed by atoms with Crippen molar-refractivity contribution in [1.82, 2.24) is 4.98 Å². The fraction of sp³-hybridized carbons (Fsp3) is 0.263. The fourth-order valence-electron chi connectivity index (χ4n) is 2.74. The van der Waals surface area contributed by atoms with Crippen LogP contribution in [-0.2, 0) is 20.0 Å². The van der Waals surface area contributed by atoms with Gasteiger partial charge in [-0.05, 0) is 12.1 Å². The minimum Gasteiger partial charge on any atom is -0.462 e. The van der Waals surface area contributed by atoms with E-state index in [1.165, 1.54) is 0 Å². The number of anilines is 2. The van der Waals surface area contributed by atoms with Crippen molar-refractivity contribution in [2.24, 2.45) is 0 Å². The van der Waals surface area contributed by atoms with Gasteiger partial charge < -0.3 is 20.1 Å². The molecule has 0 aliphatic carbocycles. The van der Waals surface area contributed by atoms with E-state index in [-0.39, 0.29) is 17.8 Å². The van der Waals surface area contributed by atoms with Crippen LogP contribution in [0.5, 0.6) is 5.75 Å². The van der Waals surface area contributed by atoms with Gasteiger partial charge in [-0.1, -0.05) is 11.5 Å². The molecule has 0 spiro atoms. The molecule has 8 nitrogen and oxygen atoms in total. The van der Waals surface area contributed by atoms with Crippen LogP contribution in [0.1, 0.15) is 15.9 Å². The average molecular weight is 543 g/mol. The van der Waals surface area contributed by atoms with Crippen molar-refractivity contribution in [2.75, 3.05) is 17.7 Å². The lowest BCUT2D eigenvalue weighted by Crippen LogP contribution is -2.50. The molecule has 2 N–H and O–H groups in total. The van der Waals surface area contributed by atoms with Gasteiger partial charge in [0, 0.05) is 11.8 Å². The Labute approximate surface area is 201 Å². The summed E-state index contributed by atoms with van der Waals surface area (Å²) in [4.78, 5) is 38.8. The summed E-state index contributed by atoms with van der Waals surface area (Å²) in [6.07, 6.45) is -11.4. The Bertz CT molecular complexity index is 1190. The zero-order chi connectivity index (χ0) is 28.3. The van der Waals surface area contributed by atoms with Gasteiger partial charge in [0.15, 0.2) is 0 Å². The van der Waals surface area contributed by atoms with E-state index in [0.717, 1.165) is 25.6 Å². The highest BCUT2D eigenvalue weighted by Gasteiger charge is 2.73. The molecule has 2 amide bonds. The van der Waals surface area contributed by atoms with Gasteiger partial charge in [-0.15, -0.1) is 0 Å². The molecule has 1 heterocycles. The molecule has 1 aromatic heterocycles. The van der Waals surface area contributed by atoms with Crippen LogP contribution in [0.4, 0.5) is 50.9 Å². The Morgan fingerprint density at radius 3 is 2.05 bits per heavy atom. The molecule has 1 aromatic carbocycles. The first-order valence-electron chi connectivity index (χ1n) is 9.29. The lowest BCUT2D eigenvalue weighted by molar-refractivity contribution is -0.348. The average Bonchev–Trinajstić information content (AvgIpc) is 2.78. The molecule has 2 rings (SSSR count). The molecular weight excluding hydrogens is 532 g/mol. The number of nitrogens with zero attached hydrogens (tertiary/aromatic N) is 1. The van der Waals surface area contributed by atoms with Crippen LogP contribution in [-0.4, -0.2) is 56.7 Å². The Morgan fingerprint density at radius 2 is 1.54 bits per heavy atom. The van der Waals surface area contributed by atoms with E-state index in [2.05, 4.69) is 14.5 Å². The van der Waals surface area contributed by atoms with Crippen LogP contribution in [0.25, 0.3) is 0 Å². The van der Waals surface area contributed by atoms with Gasteiger partial charge >= 0.3 is 36.5 Å². The second-order valence-electron chi connectivity index (χ2n) is 6.83. The molecule has 0 atom stereocenters. The number of hydrogen-bond acceptors (Lipinski definition) is 6. The zero-order valence-corrected chi connectivity index (χ0v) is 17.9. The number of rotatable bonds is 6. The number of halogens is 9. The summed E-state index contributed by atoms with van der Waals surface area (Å²) in [5, 5.41) is 3.81. The van der Waals surface area contributed by atoms with Gasteiger partial charge in [0.2, 0.25) is 0 Å². The molecule has 0 unspecified atom stereocenters. The molecule has 2 radical (unpaired) electrons. The number of alkyl halides is 9. The van der Waals surface area contributed by atoms with E-state index in [0.29, 0.717) is 0 Å². The van der Waals surface area contributed by atoms with Gasteiger partial charge in [0.05, 0.1) is 30.2 Å². The van der Waals surface area contributed by atoms with Crippen molar-refractivity contribution in [3.63, 3.8) is 0 Å². The number of pyridine rings is 1. The summed E-state index contributed by atoms with van der Waals surface area (Å²) < 4.78 is 127. The summed E-state index contributed by atoms with van der Waals surface area (Å²) in [5.74, 6) is -5.42. The molecule has 0 saturated carbocycles. The Balaban J connectivity index is 2.52. The number of amides is 2. The number of esters is 1. The van der Waals surface area contributed by atoms with Crippen LogP contribution >= 0.6 is 0 Å². The monoisotopic (exact) mass is 543 g/mol. The molecule has 0 aliphatic rings. The fourth-order valence-corrected chi connectivity index (χ4v) is 2.74. The molecular formula is C19H11BF9N3O5. The summed E-state index contributed by atoms with van der Waals surface area (Å²) in [6, 6.07) is 0.381. The predicted octanol–water partition coefficient (Wildman–Crippen LogP) is 3.13. The molecule has 0 aliphatic heterocycles. The number of benzene rings is 1. The van der Waals surface area contributed by atoms with Crippen LogP contribution in [0.2, 0.25) is 0 Å². The van der Waals surface area contributed by atoms with Crippen LogP contribution in [0.15, 0.2) is 30.6 Å². The standard InChI is InChI=1S/C19H11BF9N3O5/c1-36-15(35)14(34)31-9-2-7(5-30-6-9)13(33)32-12-10(20)3-8(4-11(12)37-16(21)22)17(23,18(24,25)26)19(27,28)29/h2-6,16H,1H3,(H,31,34)(H,32,33). The van der Waals surface area contributed by atoms with Crippen molar-refractivity contribution in [2.45, 2.75) is 24.6 Å². The normalized spacial score (nSPS) is 12.2. The van der Waals surface area contributed by atoms with Gasteiger partial charge in [-0.3, -0.25) is 14.6 Å². The molecule has 2 aromatic rings. The van der Waals surface area contributed by atoms with E-state index in [9.17, 15) is 53.9 Å². The lowest BCUT2D eigenvalue weighted by Gasteiger charge is -2.31. The maximum absolute atomic E-state index is 14.4. The minimum atomic E-state index is -6.59. The van der Waals surface area contributed by atoms with E-state index >= 15 is 0 Å². The SMILES string of the molecule is [B]c1cc(C(F)(C(F)(F)F)C(F)(F)F)cc(OC(F)F)c1NC(=O)c1cncc(NC(=O)C(=O)OC)c1. The number of nitrogens with one attached hydrogen (secondary N) is 2. The maximum Gasteiger partial charge on any atom is 0.435 e. The molecule has 198 valence electrons. The highest BCUT2D eigenvalue weighted by atomic mass is 19.4. The number of carbonyl (C=O) groups is 3. The van der Waals surface area contributed by atoms with Crippen LogP contribution < -0.4 is 20.8 Å².